The van der Waals surface area contributed by atoms with Crippen LogP contribution in [0.4, 0.5) is 0 Å². The van der Waals surface area contributed by atoms with Crippen molar-refractivity contribution in [2.45, 2.75) is 46.5 Å². The Hall–Kier alpha value is -2.59. The number of benzene rings is 3. The first-order valence-corrected chi connectivity index (χ1v) is 25.3. The molecular formula is C52H83O13P. The molecule has 0 radical (unpaired) electrons. The lowest BCUT2D eigenvalue weighted by atomic mass is 9.72. The van der Waals surface area contributed by atoms with Gasteiger partial charge in [0, 0.05) is 0 Å². The zero-order valence-corrected chi connectivity index (χ0v) is 41.8. The average Bonchev–Trinajstić information content (AvgIpc) is 3.31. The maximum atomic E-state index is 5.88. The fourth-order valence-electron chi connectivity index (χ4n) is 6.95. The normalized spacial score (nSPS) is 12.1. The van der Waals surface area contributed by atoms with Crippen LogP contribution in [0.25, 0.3) is 0 Å². The molecule has 0 aliphatic rings. The van der Waals surface area contributed by atoms with Gasteiger partial charge in [-0.25, -0.2) is 0 Å². The molecule has 0 spiro atoms. The van der Waals surface area contributed by atoms with Crippen LogP contribution in [0.1, 0.15) is 46.6 Å². The van der Waals surface area contributed by atoms with Gasteiger partial charge in [-0.05, 0) is 59.6 Å². The van der Waals surface area contributed by atoms with Crippen LogP contribution in [0.15, 0.2) is 84.9 Å². The highest BCUT2D eigenvalue weighted by Gasteiger charge is 2.27. The van der Waals surface area contributed by atoms with Crippen molar-refractivity contribution >= 4 is 18.5 Å². The molecule has 0 amide bonds. The number of hydrogen-bond donors (Lipinski definition) is 0. The lowest BCUT2D eigenvalue weighted by Gasteiger charge is -2.33. The molecule has 3 rings (SSSR count). The van der Waals surface area contributed by atoms with Crippen molar-refractivity contribution in [3.8, 4) is 5.75 Å². The van der Waals surface area contributed by atoms with E-state index < -0.39 is 7.92 Å². The van der Waals surface area contributed by atoms with E-state index in [1.807, 2.05) is 12.1 Å². The summed E-state index contributed by atoms with van der Waals surface area (Å²) in [6.07, 6.45) is 2.10. The van der Waals surface area contributed by atoms with E-state index in [0.29, 0.717) is 165 Å². The van der Waals surface area contributed by atoms with Crippen LogP contribution in [-0.4, -0.2) is 171 Å². The highest BCUT2D eigenvalue weighted by atomic mass is 31.1. The van der Waals surface area contributed by atoms with Gasteiger partial charge in [0.1, 0.15) is 12.4 Å². The minimum absolute atomic E-state index is 0.119. The molecule has 0 N–H and O–H groups in total. The van der Waals surface area contributed by atoms with E-state index in [9.17, 15) is 0 Å². The van der Waals surface area contributed by atoms with E-state index in [4.69, 9.17) is 61.6 Å². The Kier molecular flexibility index (Phi) is 33.5. The first kappa shape index (κ1) is 57.7. The van der Waals surface area contributed by atoms with E-state index >= 15 is 0 Å². The standard InChI is InChI=1S/C52H83O13P/c1-51(2,3)46-52(4,5)47-16-18-48(19-17-47)65-43-42-63-39-38-61-35-34-59-31-30-57-27-26-55-23-22-53-20-21-54-24-25-56-28-29-58-32-33-60-36-37-62-40-41-64-44-45-66(49-12-8-6-9-13-49)50-14-10-7-11-15-50/h6-19H,20-46H2,1-5H3. The van der Waals surface area contributed by atoms with Gasteiger partial charge in [0.2, 0.25) is 0 Å². The zero-order valence-electron chi connectivity index (χ0n) is 40.9. The predicted octanol–water partition coefficient (Wildman–Crippen LogP) is 7.11. The van der Waals surface area contributed by atoms with Gasteiger partial charge in [0.15, 0.2) is 0 Å². The molecule has 13 nitrogen and oxygen atoms in total. The summed E-state index contributed by atoms with van der Waals surface area (Å²) in [5, 5.41) is 2.74. The Bertz CT molecular complexity index is 1470. The average molecular weight is 947 g/mol. The minimum atomic E-state index is -0.436. The molecule has 0 saturated carbocycles. The molecule has 14 heteroatoms. The monoisotopic (exact) mass is 947 g/mol. The first-order chi connectivity index (χ1) is 32.2. The van der Waals surface area contributed by atoms with E-state index in [-0.39, 0.29) is 10.8 Å². The van der Waals surface area contributed by atoms with Crippen LogP contribution in [-0.2, 0) is 62.3 Å². The highest BCUT2D eigenvalue weighted by molar-refractivity contribution is 7.73. The molecule has 66 heavy (non-hydrogen) atoms. The van der Waals surface area contributed by atoms with E-state index in [0.717, 1.165) is 18.3 Å². The molecule has 3 aromatic rings. The Morgan fingerprint density at radius 3 is 0.879 bits per heavy atom. The van der Waals surface area contributed by atoms with Crippen LogP contribution in [0.2, 0.25) is 0 Å². The van der Waals surface area contributed by atoms with E-state index in [1.54, 1.807) is 0 Å². The van der Waals surface area contributed by atoms with Crippen LogP contribution in [0, 0.1) is 5.41 Å². The van der Waals surface area contributed by atoms with Gasteiger partial charge in [-0.2, -0.15) is 0 Å². The second-order valence-corrected chi connectivity index (χ2v) is 19.5. The third kappa shape index (κ3) is 30.7. The smallest absolute Gasteiger partial charge is 0.119 e. The van der Waals surface area contributed by atoms with Crippen LogP contribution in [0.3, 0.4) is 0 Å². The molecule has 374 valence electrons. The van der Waals surface area contributed by atoms with Gasteiger partial charge < -0.3 is 61.6 Å². The van der Waals surface area contributed by atoms with Crippen molar-refractivity contribution in [2.24, 2.45) is 5.41 Å². The molecule has 0 fully saturated rings. The molecule has 3 aromatic carbocycles. The molecule has 0 aromatic heterocycles. The van der Waals surface area contributed by atoms with Gasteiger partial charge in [0.05, 0.1) is 159 Å². The summed E-state index contributed by atoms with van der Waals surface area (Å²) in [6.45, 7) is 24.5. The minimum Gasteiger partial charge on any atom is -0.491 e. The van der Waals surface area contributed by atoms with Gasteiger partial charge in [-0.15, -0.1) is 0 Å². The first-order valence-electron chi connectivity index (χ1n) is 23.8. The molecule has 0 aliphatic carbocycles. The summed E-state index contributed by atoms with van der Waals surface area (Å²) in [5.41, 5.74) is 1.72. The molecule has 0 aliphatic heterocycles. The number of ether oxygens (including phenoxy) is 13. The SMILES string of the molecule is CC(C)(C)CC(C)(C)c1ccc(OCCOCCOCCOCCOCCOCCOCCOCCOCCOCCOCCOCCOCCP(c2ccccc2)c2ccccc2)cc1. The van der Waals surface area contributed by atoms with E-state index in [1.165, 1.54) is 16.2 Å². The molecule has 0 saturated heterocycles. The third-order valence-corrected chi connectivity index (χ3v) is 12.3. The summed E-state index contributed by atoms with van der Waals surface area (Å²) in [4.78, 5) is 0. The van der Waals surface area contributed by atoms with Crippen LogP contribution >= 0.6 is 7.92 Å². The van der Waals surface area contributed by atoms with Gasteiger partial charge >= 0.3 is 0 Å². The summed E-state index contributed by atoms with van der Waals surface area (Å²) in [7, 11) is -0.436. The van der Waals surface area contributed by atoms with Crippen LogP contribution in [0.5, 0.6) is 5.75 Å². The fourth-order valence-corrected chi connectivity index (χ4v) is 9.14. The molecule has 0 bridgehead atoms. The van der Waals surface area contributed by atoms with Crippen molar-refractivity contribution in [1.82, 2.24) is 0 Å². The summed E-state index contributed by atoms with van der Waals surface area (Å²) >= 11 is 0. The van der Waals surface area contributed by atoms with Gasteiger partial charge in [0.25, 0.3) is 0 Å². The number of hydrogen-bond acceptors (Lipinski definition) is 13. The lowest BCUT2D eigenvalue weighted by Crippen LogP contribution is -2.24. The van der Waals surface area contributed by atoms with Crippen molar-refractivity contribution in [3.05, 3.63) is 90.5 Å². The molecule has 0 unspecified atom stereocenters. The Balaban J connectivity index is 0.929. The van der Waals surface area contributed by atoms with Crippen molar-refractivity contribution < 1.29 is 61.6 Å². The highest BCUT2D eigenvalue weighted by Crippen LogP contribution is 2.37. The summed E-state index contributed by atoms with van der Waals surface area (Å²) in [5.74, 6) is 0.860. The largest absolute Gasteiger partial charge is 0.491 e. The lowest BCUT2D eigenvalue weighted by molar-refractivity contribution is -0.0284. The Labute approximate surface area is 398 Å². The van der Waals surface area contributed by atoms with E-state index in [2.05, 4.69) is 107 Å². The second-order valence-electron chi connectivity index (χ2n) is 17.2. The quantitative estimate of drug-likeness (QED) is 0.0424. The topological polar surface area (TPSA) is 120 Å². The number of rotatable bonds is 44. The maximum absolute atomic E-state index is 5.88. The molecular weight excluding hydrogens is 864 g/mol. The third-order valence-electron chi connectivity index (χ3n) is 9.79. The zero-order chi connectivity index (χ0) is 47.1. The second kappa shape index (κ2) is 38.3. The Morgan fingerprint density at radius 1 is 0.318 bits per heavy atom. The van der Waals surface area contributed by atoms with Crippen molar-refractivity contribution in [1.29, 1.82) is 0 Å². The maximum Gasteiger partial charge on any atom is 0.119 e. The Morgan fingerprint density at radius 2 is 0.591 bits per heavy atom. The van der Waals surface area contributed by atoms with Crippen molar-refractivity contribution in [3.63, 3.8) is 0 Å². The van der Waals surface area contributed by atoms with Crippen molar-refractivity contribution in [2.75, 3.05) is 171 Å². The van der Waals surface area contributed by atoms with Crippen LogP contribution < -0.4 is 15.3 Å². The van der Waals surface area contributed by atoms with Gasteiger partial charge in [-0.3, -0.25) is 0 Å². The molecule has 0 atom stereocenters. The summed E-state index contributed by atoms with van der Waals surface area (Å²) < 4.78 is 73.0. The molecule has 0 heterocycles. The predicted molar refractivity (Wildman–Crippen MR) is 263 cm³/mol. The summed E-state index contributed by atoms with van der Waals surface area (Å²) in [6, 6.07) is 29.8. The van der Waals surface area contributed by atoms with Gasteiger partial charge in [-0.1, -0.05) is 107 Å². The fraction of sp³-hybridized carbons (Fsp3) is 0.654.